The van der Waals surface area contributed by atoms with Crippen LogP contribution in [-0.4, -0.2) is 40.4 Å². The Morgan fingerprint density at radius 3 is 2.16 bits per heavy atom. The molecule has 2 aromatic rings. The first-order chi connectivity index (χ1) is 15.3. The number of carbonyl (C=O) groups is 2. The predicted octanol–water partition coefficient (Wildman–Crippen LogP) is 5.53. The van der Waals surface area contributed by atoms with E-state index in [0.29, 0.717) is 21.3 Å². The molecule has 32 heavy (non-hydrogen) atoms. The number of fused-ring (bicyclic) bond motifs is 2. The van der Waals surface area contributed by atoms with Gasteiger partial charge in [-0.05, 0) is 63.8 Å². The van der Waals surface area contributed by atoms with Crippen molar-refractivity contribution in [2.45, 2.75) is 69.6 Å². The van der Waals surface area contributed by atoms with Crippen molar-refractivity contribution in [3.63, 3.8) is 0 Å². The van der Waals surface area contributed by atoms with E-state index in [9.17, 15) is 9.59 Å². The summed E-state index contributed by atoms with van der Waals surface area (Å²) >= 11 is 12.5. The van der Waals surface area contributed by atoms with Gasteiger partial charge in [-0.15, -0.1) is 0 Å². The van der Waals surface area contributed by atoms with Crippen LogP contribution in [0.1, 0.15) is 56.3 Å². The first kappa shape index (κ1) is 23.1. The standard InChI is InChI=1S/C25H29Cl2N3O2/c1-25(2,24(32)29-22-13-6-5-12-21(22)27)30-17-8-7-9-18(30)15-16(14-17)28-23(31)19-10-3-4-11-20(19)26/h3-6,10-13,16-18H,7-9,14-15H2,1-2H3,(H,28,31)(H,29,32). The van der Waals surface area contributed by atoms with Crippen LogP contribution in [0.3, 0.4) is 0 Å². The molecule has 4 rings (SSSR count). The first-order valence-corrected chi connectivity index (χ1v) is 11.9. The number of para-hydroxylation sites is 1. The van der Waals surface area contributed by atoms with Crippen LogP contribution in [0.15, 0.2) is 48.5 Å². The van der Waals surface area contributed by atoms with Gasteiger partial charge in [0.25, 0.3) is 5.91 Å². The Labute approximate surface area is 199 Å². The van der Waals surface area contributed by atoms with E-state index in [-0.39, 0.29) is 29.9 Å². The molecule has 0 aliphatic carbocycles. The minimum atomic E-state index is -0.702. The molecular formula is C25H29Cl2N3O2. The molecule has 170 valence electrons. The van der Waals surface area contributed by atoms with Crippen LogP contribution in [0.25, 0.3) is 0 Å². The number of piperidine rings is 2. The van der Waals surface area contributed by atoms with E-state index in [1.165, 1.54) is 0 Å². The topological polar surface area (TPSA) is 61.4 Å². The summed E-state index contributed by atoms with van der Waals surface area (Å²) in [5, 5.41) is 7.18. The summed E-state index contributed by atoms with van der Waals surface area (Å²) in [5.41, 5.74) is 0.424. The second-order valence-electron chi connectivity index (χ2n) is 9.26. The van der Waals surface area contributed by atoms with Crippen LogP contribution in [0, 0.1) is 0 Å². The van der Waals surface area contributed by atoms with Crippen LogP contribution in [0.5, 0.6) is 0 Å². The Hall–Kier alpha value is -2.08. The molecule has 0 radical (unpaired) electrons. The molecule has 2 atom stereocenters. The minimum Gasteiger partial charge on any atom is -0.349 e. The second kappa shape index (κ2) is 9.42. The molecule has 2 unspecified atom stereocenters. The lowest BCUT2D eigenvalue weighted by Gasteiger charge is -2.54. The summed E-state index contributed by atoms with van der Waals surface area (Å²) in [6.45, 7) is 3.96. The van der Waals surface area contributed by atoms with Gasteiger partial charge in [0.15, 0.2) is 0 Å². The Morgan fingerprint density at radius 1 is 0.938 bits per heavy atom. The zero-order chi connectivity index (χ0) is 22.9. The fourth-order valence-corrected chi connectivity index (χ4v) is 5.68. The van der Waals surface area contributed by atoms with Crippen LogP contribution >= 0.6 is 23.2 Å². The van der Waals surface area contributed by atoms with Gasteiger partial charge in [0.2, 0.25) is 5.91 Å². The highest BCUT2D eigenvalue weighted by Crippen LogP contribution is 2.40. The van der Waals surface area contributed by atoms with Crippen molar-refractivity contribution in [2.24, 2.45) is 0 Å². The van der Waals surface area contributed by atoms with Gasteiger partial charge in [-0.25, -0.2) is 0 Å². The SMILES string of the molecule is CC(C)(C(=O)Nc1ccccc1Cl)N1C2CCCC1CC(NC(=O)c1ccccc1Cl)C2. The Balaban J connectivity index is 1.47. The van der Waals surface area contributed by atoms with Gasteiger partial charge >= 0.3 is 0 Å². The largest absolute Gasteiger partial charge is 0.349 e. The maximum absolute atomic E-state index is 13.3. The van der Waals surface area contributed by atoms with Gasteiger partial charge in [-0.3, -0.25) is 14.5 Å². The van der Waals surface area contributed by atoms with Crippen molar-refractivity contribution in [1.82, 2.24) is 10.2 Å². The van der Waals surface area contributed by atoms with E-state index in [0.717, 1.165) is 32.1 Å². The van der Waals surface area contributed by atoms with E-state index < -0.39 is 5.54 Å². The second-order valence-corrected chi connectivity index (χ2v) is 10.1. The van der Waals surface area contributed by atoms with Gasteiger partial charge in [0.1, 0.15) is 0 Å². The normalized spacial score (nSPS) is 23.4. The Bertz CT molecular complexity index is 996. The number of benzene rings is 2. The summed E-state index contributed by atoms with van der Waals surface area (Å²) in [7, 11) is 0. The maximum Gasteiger partial charge on any atom is 0.253 e. The highest BCUT2D eigenvalue weighted by atomic mass is 35.5. The molecule has 2 aromatic carbocycles. The van der Waals surface area contributed by atoms with Crippen molar-refractivity contribution >= 4 is 40.7 Å². The van der Waals surface area contributed by atoms with Gasteiger partial charge in [0.05, 0.1) is 26.8 Å². The van der Waals surface area contributed by atoms with Gasteiger partial charge in [0, 0.05) is 18.1 Å². The summed E-state index contributed by atoms with van der Waals surface area (Å²) < 4.78 is 0. The van der Waals surface area contributed by atoms with Crippen molar-refractivity contribution in [3.05, 3.63) is 64.1 Å². The van der Waals surface area contributed by atoms with E-state index in [4.69, 9.17) is 23.2 Å². The van der Waals surface area contributed by atoms with E-state index in [1.807, 2.05) is 44.2 Å². The fourth-order valence-electron chi connectivity index (χ4n) is 5.28. The number of anilines is 1. The third-order valence-corrected chi connectivity index (χ3v) is 7.41. The molecule has 2 aliphatic heterocycles. The van der Waals surface area contributed by atoms with Crippen molar-refractivity contribution in [1.29, 1.82) is 0 Å². The molecule has 5 nitrogen and oxygen atoms in total. The number of carbonyl (C=O) groups excluding carboxylic acids is 2. The zero-order valence-corrected chi connectivity index (χ0v) is 19.9. The van der Waals surface area contributed by atoms with E-state index >= 15 is 0 Å². The molecule has 2 heterocycles. The van der Waals surface area contributed by atoms with E-state index in [1.54, 1.807) is 18.2 Å². The third kappa shape index (κ3) is 4.66. The number of nitrogens with zero attached hydrogens (tertiary/aromatic N) is 1. The number of hydrogen-bond donors (Lipinski definition) is 2. The molecule has 0 aromatic heterocycles. The highest BCUT2D eigenvalue weighted by molar-refractivity contribution is 6.34. The monoisotopic (exact) mass is 473 g/mol. The molecule has 2 fully saturated rings. The van der Waals surface area contributed by atoms with Gasteiger partial charge in [-0.1, -0.05) is 53.9 Å². The van der Waals surface area contributed by atoms with Crippen LogP contribution < -0.4 is 10.6 Å². The maximum atomic E-state index is 13.3. The van der Waals surface area contributed by atoms with Crippen molar-refractivity contribution in [2.75, 3.05) is 5.32 Å². The number of amides is 2. The lowest BCUT2D eigenvalue weighted by atomic mass is 9.78. The quantitative estimate of drug-likeness (QED) is 0.600. The highest BCUT2D eigenvalue weighted by Gasteiger charge is 2.48. The molecule has 2 aliphatic rings. The summed E-state index contributed by atoms with van der Waals surface area (Å²) in [6, 6.07) is 14.9. The molecule has 2 N–H and O–H groups in total. The summed E-state index contributed by atoms with van der Waals surface area (Å²) in [6.07, 6.45) is 4.79. The predicted molar refractivity (Wildman–Crippen MR) is 129 cm³/mol. The van der Waals surface area contributed by atoms with E-state index in [2.05, 4.69) is 15.5 Å². The molecule has 2 saturated heterocycles. The van der Waals surface area contributed by atoms with Crippen LogP contribution in [0.4, 0.5) is 5.69 Å². The zero-order valence-electron chi connectivity index (χ0n) is 18.4. The fraction of sp³-hybridized carbons (Fsp3) is 0.440. The Kier molecular flexibility index (Phi) is 6.80. The third-order valence-electron chi connectivity index (χ3n) is 6.75. The van der Waals surface area contributed by atoms with Crippen molar-refractivity contribution in [3.8, 4) is 0 Å². The average molecular weight is 474 g/mol. The lowest BCUT2D eigenvalue weighted by molar-refractivity contribution is -0.134. The van der Waals surface area contributed by atoms with Crippen LogP contribution in [-0.2, 0) is 4.79 Å². The number of halogens is 2. The molecule has 0 spiro atoms. The van der Waals surface area contributed by atoms with Crippen LogP contribution in [0.2, 0.25) is 10.0 Å². The molecule has 2 bridgehead atoms. The van der Waals surface area contributed by atoms with Crippen molar-refractivity contribution < 1.29 is 9.59 Å². The molecule has 7 heteroatoms. The Morgan fingerprint density at radius 2 is 1.53 bits per heavy atom. The first-order valence-electron chi connectivity index (χ1n) is 11.2. The summed E-state index contributed by atoms with van der Waals surface area (Å²) in [5.74, 6) is -0.205. The average Bonchev–Trinajstić information content (AvgIpc) is 2.74. The number of nitrogens with one attached hydrogen (secondary N) is 2. The minimum absolute atomic E-state index is 0.0627. The summed E-state index contributed by atoms with van der Waals surface area (Å²) in [4.78, 5) is 28.5. The number of rotatable bonds is 5. The molecule has 0 saturated carbocycles. The molecule has 2 amide bonds. The van der Waals surface area contributed by atoms with Gasteiger partial charge in [-0.2, -0.15) is 0 Å². The molecular weight excluding hydrogens is 445 g/mol. The smallest absolute Gasteiger partial charge is 0.253 e. The number of hydrogen-bond acceptors (Lipinski definition) is 3. The lowest BCUT2D eigenvalue weighted by Crippen LogP contribution is -2.66. The van der Waals surface area contributed by atoms with Gasteiger partial charge < -0.3 is 10.6 Å².